The lowest BCUT2D eigenvalue weighted by atomic mass is 9.86. The Morgan fingerprint density at radius 2 is 2.14 bits per heavy atom. The molecule has 3 saturated heterocycles. The van der Waals surface area contributed by atoms with Crippen LogP contribution in [0.15, 0.2) is 53.7 Å². The molecule has 0 saturated carbocycles. The van der Waals surface area contributed by atoms with E-state index in [-0.39, 0.29) is 0 Å². The number of aliphatic imine (C=N–C) groups is 1. The highest BCUT2D eigenvalue weighted by Crippen LogP contribution is 2.36. The van der Waals surface area contributed by atoms with Gasteiger partial charge in [0.1, 0.15) is 5.82 Å². The van der Waals surface area contributed by atoms with Crippen molar-refractivity contribution in [3.05, 3.63) is 48.7 Å². The molecule has 3 atom stereocenters. The van der Waals surface area contributed by atoms with Crippen molar-refractivity contribution in [2.45, 2.75) is 32.4 Å². The van der Waals surface area contributed by atoms with Gasteiger partial charge in [0.25, 0.3) is 0 Å². The van der Waals surface area contributed by atoms with Gasteiger partial charge < -0.3 is 15.4 Å². The molecule has 36 heavy (non-hydrogen) atoms. The van der Waals surface area contributed by atoms with Crippen LogP contribution in [0.2, 0.25) is 0 Å². The zero-order valence-electron chi connectivity index (χ0n) is 20.8. The molecule has 10 heteroatoms. The fraction of sp³-hybridized carbons (Fsp3) is 0.385. The van der Waals surface area contributed by atoms with Crippen molar-refractivity contribution < 1.29 is 4.74 Å². The Morgan fingerprint density at radius 3 is 2.86 bits per heavy atom. The van der Waals surface area contributed by atoms with Crippen LogP contribution in [0.25, 0.3) is 27.7 Å². The first kappa shape index (κ1) is 22.5. The Morgan fingerprint density at radius 1 is 1.31 bits per heavy atom. The monoisotopic (exact) mass is 485 g/mol. The Balaban J connectivity index is 1.16. The number of nitrogens with zero attached hydrogens (tertiary/aromatic N) is 7. The second-order valence-electron chi connectivity index (χ2n) is 9.75. The van der Waals surface area contributed by atoms with Crippen molar-refractivity contribution in [1.82, 2.24) is 29.7 Å². The number of pyridine rings is 2. The van der Waals surface area contributed by atoms with E-state index in [1.807, 2.05) is 42.2 Å². The number of fused-ring (bicyclic) bond motifs is 5. The zero-order valence-corrected chi connectivity index (χ0v) is 20.8. The van der Waals surface area contributed by atoms with Crippen LogP contribution in [0.3, 0.4) is 0 Å². The number of anilines is 2. The molecule has 2 unspecified atom stereocenters. The summed E-state index contributed by atoms with van der Waals surface area (Å²) in [6.07, 6.45) is 10.7. The van der Waals surface area contributed by atoms with Crippen LogP contribution in [-0.2, 0) is 4.74 Å². The Hall–Kier alpha value is -3.92. The number of rotatable bonds is 7. The Labute approximate surface area is 209 Å². The van der Waals surface area contributed by atoms with Crippen LogP contribution in [0.5, 0.6) is 0 Å². The molecule has 4 aromatic rings. The summed E-state index contributed by atoms with van der Waals surface area (Å²) in [5, 5.41) is 12.6. The average molecular weight is 486 g/mol. The van der Waals surface area contributed by atoms with Crippen molar-refractivity contribution in [3.8, 4) is 11.1 Å². The highest BCUT2D eigenvalue weighted by molar-refractivity contribution is 6.01. The van der Waals surface area contributed by atoms with Crippen molar-refractivity contribution in [1.29, 1.82) is 0 Å². The maximum absolute atomic E-state index is 6.18. The SMILES string of the molecule is C/C=C(\N=C[C@H](C)CN1C2CC1CN(c1ccc(-c3cc(N)cn4nc5[nH]ncc5c34)cn1)C2)OC. The maximum atomic E-state index is 6.18. The minimum Gasteiger partial charge on any atom is -0.481 e. The Bertz CT molecular complexity index is 1440. The van der Waals surface area contributed by atoms with Crippen LogP contribution in [0.1, 0.15) is 20.3 Å². The normalized spacial score (nSPS) is 21.4. The van der Waals surface area contributed by atoms with Gasteiger partial charge in [0.15, 0.2) is 5.65 Å². The molecule has 3 aliphatic heterocycles. The highest BCUT2D eigenvalue weighted by atomic mass is 16.5. The van der Waals surface area contributed by atoms with Gasteiger partial charge in [-0.1, -0.05) is 6.92 Å². The number of aromatic nitrogens is 5. The number of nitrogens with one attached hydrogen (secondary N) is 1. The fourth-order valence-electron chi connectivity index (χ4n) is 5.54. The number of hydrogen-bond donors (Lipinski definition) is 2. The first-order valence-corrected chi connectivity index (χ1v) is 12.4. The van der Waals surface area contributed by atoms with E-state index in [0.717, 1.165) is 53.1 Å². The summed E-state index contributed by atoms with van der Waals surface area (Å²) in [7, 11) is 1.65. The third-order valence-electron chi connectivity index (χ3n) is 7.29. The quantitative estimate of drug-likeness (QED) is 0.305. The molecule has 3 N–H and O–H groups in total. The average Bonchev–Trinajstić information content (AvgIpc) is 3.48. The van der Waals surface area contributed by atoms with Gasteiger partial charge in [-0.25, -0.2) is 14.5 Å². The second-order valence-corrected chi connectivity index (χ2v) is 9.75. The predicted molar refractivity (Wildman–Crippen MR) is 142 cm³/mol. The maximum Gasteiger partial charge on any atom is 0.208 e. The van der Waals surface area contributed by atoms with E-state index in [9.17, 15) is 0 Å². The number of nitrogens with two attached hydrogens (primary N) is 1. The molecular formula is C26H31N9O. The summed E-state index contributed by atoms with van der Waals surface area (Å²) in [5.74, 6) is 2.04. The van der Waals surface area contributed by atoms with Crippen LogP contribution in [0.4, 0.5) is 11.5 Å². The molecule has 186 valence electrons. The minimum absolute atomic E-state index is 0.366. The van der Waals surface area contributed by atoms with Gasteiger partial charge in [0.2, 0.25) is 5.88 Å². The minimum atomic E-state index is 0.366. The largest absolute Gasteiger partial charge is 0.481 e. The first-order valence-electron chi connectivity index (χ1n) is 12.4. The van der Waals surface area contributed by atoms with Crippen LogP contribution >= 0.6 is 0 Å². The standard InChI is InChI=1S/C26H31N9O/c1-4-24(36-3)29-9-16(2)12-34-19-8-20(34)15-33(14-19)23-6-5-17(10-28-23)21-7-18(27)13-35-25(21)22-11-30-31-26(22)32-35/h4-7,9-11,13,16,19-20H,8,12,14-15,27H2,1-3H3,(H,31,32)/b24-4+,29-9?/t16-,19?,20?/m0/s1. The number of methoxy groups -OCH3 is 1. The number of allylic oxidation sites excluding steroid dienone is 1. The van der Waals surface area contributed by atoms with E-state index in [4.69, 9.17) is 15.5 Å². The summed E-state index contributed by atoms with van der Waals surface area (Å²) in [5.41, 5.74) is 10.5. The lowest BCUT2D eigenvalue weighted by Gasteiger charge is -2.57. The second kappa shape index (κ2) is 8.94. The van der Waals surface area contributed by atoms with Crippen LogP contribution in [-0.4, -0.2) is 74.7 Å². The van der Waals surface area contributed by atoms with Crippen molar-refractivity contribution >= 4 is 34.3 Å². The summed E-state index contributed by atoms with van der Waals surface area (Å²) >= 11 is 0. The van der Waals surface area contributed by atoms with Crippen LogP contribution in [0, 0.1) is 5.92 Å². The molecule has 10 nitrogen and oxygen atoms in total. The van der Waals surface area contributed by atoms with Gasteiger partial charge in [-0.15, -0.1) is 5.10 Å². The van der Waals surface area contributed by atoms with Gasteiger partial charge in [-0.2, -0.15) is 5.10 Å². The number of aromatic amines is 1. The van der Waals surface area contributed by atoms with Crippen LogP contribution < -0.4 is 10.6 Å². The molecule has 7 rings (SSSR count). The van der Waals surface area contributed by atoms with E-state index in [2.05, 4.69) is 49.1 Å². The van der Waals surface area contributed by atoms with Gasteiger partial charge in [0, 0.05) is 61.2 Å². The summed E-state index contributed by atoms with van der Waals surface area (Å²) in [6, 6.07) is 7.33. The molecular weight excluding hydrogens is 454 g/mol. The number of piperazine rings is 1. The lowest BCUT2D eigenvalue weighted by molar-refractivity contribution is -0.00555. The first-order chi connectivity index (χ1) is 17.5. The summed E-state index contributed by atoms with van der Waals surface area (Å²) < 4.78 is 7.04. The Kier molecular flexibility index (Phi) is 5.60. The van der Waals surface area contributed by atoms with E-state index < -0.39 is 0 Å². The van der Waals surface area contributed by atoms with Crippen molar-refractivity contribution in [2.24, 2.45) is 10.9 Å². The number of H-pyrrole nitrogens is 1. The van der Waals surface area contributed by atoms with E-state index in [0.29, 0.717) is 29.6 Å². The van der Waals surface area contributed by atoms with Gasteiger partial charge >= 0.3 is 0 Å². The van der Waals surface area contributed by atoms with E-state index in [1.54, 1.807) is 13.3 Å². The molecule has 2 bridgehead atoms. The fourth-order valence-corrected chi connectivity index (χ4v) is 5.54. The smallest absolute Gasteiger partial charge is 0.208 e. The number of hydrogen-bond acceptors (Lipinski definition) is 8. The molecule has 7 heterocycles. The molecule has 4 aromatic heterocycles. The zero-order chi connectivity index (χ0) is 24.8. The van der Waals surface area contributed by atoms with Gasteiger partial charge in [-0.05, 0) is 37.6 Å². The molecule has 0 amide bonds. The topological polar surface area (TPSA) is 113 Å². The summed E-state index contributed by atoms with van der Waals surface area (Å²) in [6.45, 7) is 7.14. The lowest BCUT2D eigenvalue weighted by Crippen LogP contribution is -2.69. The molecule has 0 radical (unpaired) electrons. The molecule has 3 aliphatic rings. The predicted octanol–water partition coefficient (Wildman–Crippen LogP) is 3.33. The number of ether oxygens (including phenoxy) is 1. The van der Waals surface area contributed by atoms with E-state index >= 15 is 0 Å². The molecule has 0 spiro atoms. The van der Waals surface area contributed by atoms with Crippen molar-refractivity contribution in [3.63, 3.8) is 0 Å². The third-order valence-corrected chi connectivity index (χ3v) is 7.29. The van der Waals surface area contributed by atoms with Gasteiger partial charge in [-0.3, -0.25) is 10.00 Å². The number of nitrogen functional groups attached to an aromatic ring is 1. The number of piperidine rings is 1. The summed E-state index contributed by atoms with van der Waals surface area (Å²) in [4.78, 5) is 14.3. The van der Waals surface area contributed by atoms with Crippen molar-refractivity contribution in [2.75, 3.05) is 37.4 Å². The van der Waals surface area contributed by atoms with Gasteiger partial charge in [0.05, 0.1) is 36.1 Å². The molecule has 0 aliphatic carbocycles. The highest BCUT2D eigenvalue weighted by Gasteiger charge is 2.44. The third kappa shape index (κ3) is 3.87. The molecule has 3 fully saturated rings. The molecule has 0 aromatic carbocycles. The van der Waals surface area contributed by atoms with E-state index in [1.165, 1.54) is 6.42 Å².